The van der Waals surface area contributed by atoms with Crippen LogP contribution < -0.4 is 15.5 Å². The molecule has 0 aliphatic carbocycles. The zero-order valence-electron chi connectivity index (χ0n) is 16.7. The predicted molar refractivity (Wildman–Crippen MR) is 116 cm³/mol. The molecule has 2 N–H and O–H groups in total. The van der Waals surface area contributed by atoms with Gasteiger partial charge in [0.25, 0.3) is 0 Å². The molecule has 4 nitrogen and oxygen atoms in total. The number of nitrogens with zero attached hydrogens (tertiary/aromatic N) is 1. The van der Waals surface area contributed by atoms with Crippen molar-refractivity contribution in [2.75, 3.05) is 31.6 Å². The lowest BCUT2D eigenvalue weighted by Crippen LogP contribution is -2.47. The van der Waals surface area contributed by atoms with Crippen molar-refractivity contribution in [3.8, 4) is 0 Å². The fraction of sp³-hybridized carbons (Fsp3) is 0.650. The molecule has 1 saturated heterocycles. The molecule has 0 spiro atoms. The third-order valence-electron chi connectivity index (χ3n) is 4.90. The van der Waals surface area contributed by atoms with Crippen molar-refractivity contribution in [1.82, 2.24) is 10.6 Å². The summed E-state index contributed by atoms with van der Waals surface area (Å²) in [6.45, 7) is 11.4. The van der Waals surface area contributed by atoms with Crippen LogP contribution in [-0.4, -0.2) is 38.6 Å². The zero-order chi connectivity index (χ0) is 17.7. The Bertz CT molecular complexity index is 535. The summed E-state index contributed by atoms with van der Waals surface area (Å²) in [5.74, 6) is 0.190. The molecule has 1 aliphatic heterocycles. The lowest BCUT2D eigenvalue weighted by atomic mass is 9.87. The van der Waals surface area contributed by atoms with Crippen LogP contribution in [0.1, 0.15) is 46.1 Å². The van der Waals surface area contributed by atoms with E-state index >= 15 is 0 Å². The fourth-order valence-electron chi connectivity index (χ4n) is 3.20. The van der Waals surface area contributed by atoms with Gasteiger partial charge in [-0.2, -0.15) is 0 Å². The second kappa shape index (κ2) is 11.0. The van der Waals surface area contributed by atoms with E-state index in [1.807, 2.05) is 14.0 Å². The van der Waals surface area contributed by atoms with Gasteiger partial charge in [-0.05, 0) is 43.0 Å². The van der Waals surface area contributed by atoms with Crippen LogP contribution in [0, 0.1) is 5.92 Å². The van der Waals surface area contributed by atoms with Crippen molar-refractivity contribution in [2.24, 2.45) is 5.92 Å². The lowest BCUT2D eigenvalue weighted by Gasteiger charge is -2.34. The highest BCUT2D eigenvalue weighted by atomic mass is 35.5. The molecule has 0 bridgehead atoms. The molecule has 0 saturated carbocycles. The van der Waals surface area contributed by atoms with Crippen LogP contribution in [0.25, 0.3) is 0 Å². The standard InChI is InChI=1S/C20H33N3O.2ClH/c1-15(14-21-5)19(24)22-17-10-12-23(13-11-17)18-8-6-16(7-9-18)20(2,3)4;;/h6-9,15,17,21H,10-14H2,1-5H3,(H,22,24);2*1H. The molecule has 1 atom stereocenters. The van der Waals surface area contributed by atoms with Gasteiger partial charge in [-0.1, -0.05) is 39.8 Å². The highest BCUT2D eigenvalue weighted by molar-refractivity contribution is 5.85. The Morgan fingerprint density at radius 2 is 1.69 bits per heavy atom. The van der Waals surface area contributed by atoms with Gasteiger partial charge in [-0.25, -0.2) is 0 Å². The predicted octanol–water partition coefficient (Wildman–Crippen LogP) is 3.77. The molecule has 0 radical (unpaired) electrons. The molecule has 1 aliphatic rings. The van der Waals surface area contributed by atoms with Crippen LogP contribution in [0.4, 0.5) is 5.69 Å². The molecule has 1 aromatic rings. The Morgan fingerprint density at radius 1 is 1.15 bits per heavy atom. The normalized spacial score (nSPS) is 16.3. The summed E-state index contributed by atoms with van der Waals surface area (Å²) in [5, 5.41) is 6.26. The Labute approximate surface area is 171 Å². The first-order valence-electron chi connectivity index (χ1n) is 9.11. The highest BCUT2D eigenvalue weighted by Crippen LogP contribution is 2.26. The number of carbonyl (C=O) groups is 1. The molecular formula is C20H35Cl2N3O. The lowest BCUT2D eigenvalue weighted by molar-refractivity contribution is -0.125. The molecule has 1 unspecified atom stereocenters. The SMILES string of the molecule is CNCC(C)C(=O)NC1CCN(c2ccc(C(C)(C)C)cc2)CC1.Cl.Cl. The highest BCUT2D eigenvalue weighted by Gasteiger charge is 2.23. The van der Waals surface area contributed by atoms with Crippen molar-refractivity contribution < 1.29 is 4.79 Å². The Balaban J connectivity index is 0.00000312. The smallest absolute Gasteiger partial charge is 0.224 e. The molecule has 6 heteroatoms. The zero-order valence-corrected chi connectivity index (χ0v) is 18.3. The Morgan fingerprint density at radius 3 is 2.15 bits per heavy atom. The van der Waals surface area contributed by atoms with Gasteiger partial charge < -0.3 is 15.5 Å². The van der Waals surface area contributed by atoms with E-state index in [9.17, 15) is 4.79 Å². The van der Waals surface area contributed by atoms with Gasteiger partial charge in [-0.15, -0.1) is 24.8 Å². The number of piperidine rings is 1. The molecule has 1 aromatic carbocycles. The maximum Gasteiger partial charge on any atom is 0.224 e. The van der Waals surface area contributed by atoms with Crippen LogP contribution in [0.5, 0.6) is 0 Å². The van der Waals surface area contributed by atoms with E-state index in [0.717, 1.165) is 32.5 Å². The van der Waals surface area contributed by atoms with E-state index in [-0.39, 0.29) is 42.1 Å². The van der Waals surface area contributed by atoms with Crippen molar-refractivity contribution >= 4 is 36.4 Å². The molecule has 2 rings (SSSR count). The maximum atomic E-state index is 12.1. The summed E-state index contributed by atoms with van der Waals surface area (Å²) < 4.78 is 0. The van der Waals surface area contributed by atoms with Gasteiger partial charge in [0, 0.05) is 37.3 Å². The summed E-state index contributed by atoms with van der Waals surface area (Å²) in [6, 6.07) is 9.25. The second-order valence-corrected chi connectivity index (χ2v) is 8.03. The summed E-state index contributed by atoms with van der Waals surface area (Å²) in [7, 11) is 1.88. The number of rotatable bonds is 5. The molecule has 1 amide bonds. The number of hydrogen-bond donors (Lipinski definition) is 2. The third kappa shape index (κ3) is 6.98. The van der Waals surface area contributed by atoms with Crippen LogP contribution in [0.2, 0.25) is 0 Å². The van der Waals surface area contributed by atoms with Gasteiger partial charge in [0.05, 0.1) is 0 Å². The monoisotopic (exact) mass is 403 g/mol. The van der Waals surface area contributed by atoms with E-state index in [1.165, 1.54) is 11.3 Å². The summed E-state index contributed by atoms with van der Waals surface area (Å²) >= 11 is 0. The second-order valence-electron chi connectivity index (χ2n) is 8.03. The quantitative estimate of drug-likeness (QED) is 0.785. The molecular weight excluding hydrogens is 369 g/mol. The first-order valence-corrected chi connectivity index (χ1v) is 9.11. The molecule has 1 heterocycles. The summed E-state index contributed by atoms with van der Waals surface area (Å²) in [4.78, 5) is 14.5. The molecule has 150 valence electrons. The third-order valence-corrected chi connectivity index (χ3v) is 4.90. The van der Waals surface area contributed by atoms with Crippen molar-refractivity contribution in [2.45, 2.75) is 52.0 Å². The number of anilines is 1. The minimum atomic E-state index is 0. The minimum Gasteiger partial charge on any atom is -0.371 e. The molecule has 0 aromatic heterocycles. The van der Waals surface area contributed by atoms with Gasteiger partial charge >= 0.3 is 0 Å². The number of carbonyl (C=O) groups excluding carboxylic acids is 1. The summed E-state index contributed by atoms with van der Waals surface area (Å²) in [5.41, 5.74) is 2.85. The van der Waals surface area contributed by atoms with Gasteiger partial charge in [0.15, 0.2) is 0 Å². The number of hydrogen-bond acceptors (Lipinski definition) is 3. The molecule has 26 heavy (non-hydrogen) atoms. The first-order chi connectivity index (χ1) is 11.3. The first kappa shape index (κ1) is 25.0. The topological polar surface area (TPSA) is 44.4 Å². The van der Waals surface area contributed by atoms with Crippen molar-refractivity contribution in [3.05, 3.63) is 29.8 Å². The average molecular weight is 404 g/mol. The van der Waals surface area contributed by atoms with E-state index < -0.39 is 0 Å². The largest absolute Gasteiger partial charge is 0.371 e. The van der Waals surface area contributed by atoms with Gasteiger partial charge in [0.2, 0.25) is 5.91 Å². The van der Waals surface area contributed by atoms with Crippen LogP contribution >= 0.6 is 24.8 Å². The van der Waals surface area contributed by atoms with Crippen molar-refractivity contribution in [3.63, 3.8) is 0 Å². The Kier molecular flexibility index (Phi) is 10.6. The van der Waals surface area contributed by atoms with Crippen LogP contribution in [0.3, 0.4) is 0 Å². The van der Waals surface area contributed by atoms with Crippen LogP contribution in [-0.2, 0) is 10.2 Å². The number of halogens is 2. The average Bonchev–Trinajstić information content (AvgIpc) is 2.55. The number of nitrogens with one attached hydrogen (secondary N) is 2. The number of amides is 1. The maximum absolute atomic E-state index is 12.1. The van der Waals surface area contributed by atoms with Gasteiger partial charge in [0.1, 0.15) is 0 Å². The summed E-state index contributed by atoms with van der Waals surface area (Å²) in [6.07, 6.45) is 2.03. The van der Waals surface area contributed by atoms with Crippen molar-refractivity contribution in [1.29, 1.82) is 0 Å². The van der Waals surface area contributed by atoms with E-state index in [2.05, 4.69) is 60.6 Å². The molecule has 1 fully saturated rings. The van der Waals surface area contributed by atoms with Gasteiger partial charge in [-0.3, -0.25) is 4.79 Å². The number of benzene rings is 1. The van der Waals surface area contributed by atoms with E-state index in [0.29, 0.717) is 6.04 Å². The Hall–Kier alpha value is -0.970. The van der Waals surface area contributed by atoms with E-state index in [1.54, 1.807) is 0 Å². The van der Waals surface area contributed by atoms with E-state index in [4.69, 9.17) is 0 Å². The fourth-order valence-corrected chi connectivity index (χ4v) is 3.20. The van der Waals surface area contributed by atoms with Crippen LogP contribution in [0.15, 0.2) is 24.3 Å². The minimum absolute atomic E-state index is 0.